The molecular formula is C19H15F7O. The zero-order valence-corrected chi connectivity index (χ0v) is 14.1. The first-order valence-corrected chi connectivity index (χ1v) is 7.93. The van der Waals surface area contributed by atoms with Crippen LogP contribution in [0.5, 0.6) is 0 Å². The minimum Gasteiger partial charge on any atom is -0.222 e. The Morgan fingerprint density at radius 3 is 1.85 bits per heavy atom. The molecular weight excluding hydrogens is 377 g/mol. The molecule has 0 unspecified atom stereocenters. The molecule has 27 heavy (non-hydrogen) atoms. The van der Waals surface area contributed by atoms with Crippen LogP contribution >= 0.6 is 0 Å². The zero-order chi connectivity index (χ0) is 20.2. The first kappa shape index (κ1) is 21.0. The molecule has 0 saturated carbocycles. The third-order valence-electron chi connectivity index (χ3n) is 3.59. The zero-order valence-electron chi connectivity index (χ0n) is 14.1. The maximum Gasteiger partial charge on any atom is 0.527 e. The molecule has 8 heteroatoms. The molecule has 0 heterocycles. The predicted molar refractivity (Wildman–Crippen MR) is 86.8 cm³/mol. The second-order valence-electron chi connectivity index (χ2n) is 5.75. The van der Waals surface area contributed by atoms with Crippen LogP contribution in [0.2, 0.25) is 0 Å². The van der Waals surface area contributed by atoms with Crippen LogP contribution in [0.15, 0.2) is 36.4 Å². The van der Waals surface area contributed by atoms with Gasteiger partial charge in [0.05, 0.1) is 0 Å². The van der Waals surface area contributed by atoms with Gasteiger partial charge in [-0.15, -0.1) is 13.2 Å². The number of hydrogen-bond donors (Lipinski definition) is 0. The van der Waals surface area contributed by atoms with Crippen LogP contribution in [0.3, 0.4) is 0 Å². The van der Waals surface area contributed by atoms with Crippen molar-refractivity contribution in [3.05, 3.63) is 70.3 Å². The van der Waals surface area contributed by atoms with E-state index >= 15 is 0 Å². The van der Waals surface area contributed by atoms with Crippen LogP contribution in [0.4, 0.5) is 30.7 Å². The number of benzene rings is 2. The van der Waals surface area contributed by atoms with Crippen molar-refractivity contribution in [1.82, 2.24) is 0 Å². The van der Waals surface area contributed by atoms with E-state index in [1.807, 2.05) is 19.1 Å². The summed E-state index contributed by atoms with van der Waals surface area (Å²) in [5.41, 5.74) is -0.413. The van der Waals surface area contributed by atoms with Gasteiger partial charge in [-0.2, -0.15) is 8.78 Å². The molecule has 0 bridgehead atoms. The summed E-state index contributed by atoms with van der Waals surface area (Å²) in [6.07, 6.45) is -6.32. The average Bonchev–Trinajstić information content (AvgIpc) is 2.51. The minimum absolute atomic E-state index is 0.130. The van der Waals surface area contributed by atoms with Crippen molar-refractivity contribution in [1.29, 1.82) is 0 Å². The Bertz CT molecular complexity index is 785. The molecule has 1 nitrogen and oxygen atoms in total. The van der Waals surface area contributed by atoms with Gasteiger partial charge in [0.1, 0.15) is 17.2 Å². The normalized spacial score (nSPS) is 12.7. The van der Waals surface area contributed by atoms with E-state index in [1.165, 1.54) is 12.2 Å². The van der Waals surface area contributed by atoms with E-state index in [4.69, 9.17) is 0 Å². The fraction of sp³-hybridized carbons (Fsp3) is 0.263. The number of ether oxygens (including phenoxy) is 1. The lowest BCUT2D eigenvalue weighted by Gasteiger charge is -2.19. The Morgan fingerprint density at radius 2 is 1.37 bits per heavy atom. The molecule has 0 aliphatic heterocycles. The molecule has 146 valence electrons. The van der Waals surface area contributed by atoms with E-state index < -0.39 is 29.7 Å². The lowest BCUT2D eigenvalue weighted by atomic mass is 10.1. The summed E-state index contributed by atoms with van der Waals surface area (Å²) < 4.78 is 93.1. The van der Waals surface area contributed by atoms with Gasteiger partial charge in [0, 0.05) is 0 Å². The molecule has 0 aromatic heterocycles. The molecule has 2 aromatic carbocycles. The van der Waals surface area contributed by atoms with E-state index in [1.54, 1.807) is 12.1 Å². The molecule has 0 amide bonds. The van der Waals surface area contributed by atoms with Crippen molar-refractivity contribution < 1.29 is 35.5 Å². The molecule has 0 saturated heterocycles. The summed E-state index contributed by atoms with van der Waals surface area (Å²) in [5, 5.41) is 0. The summed E-state index contributed by atoms with van der Waals surface area (Å²) >= 11 is 0. The molecule has 0 aliphatic rings. The Balaban J connectivity index is 2.25. The van der Waals surface area contributed by atoms with Crippen LogP contribution in [0.25, 0.3) is 12.2 Å². The standard InChI is InChI=1S/C19H15F7O/c1-2-3-12-4-6-13(7-5-12)8-9-14-10-15(20)17(16(21)11-14)18(22,23)27-19(24,25)26/h4-11H,2-3H2,1H3. The second kappa shape index (κ2) is 8.12. The van der Waals surface area contributed by atoms with E-state index in [-0.39, 0.29) is 5.56 Å². The van der Waals surface area contributed by atoms with Crippen molar-refractivity contribution in [2.24, 2.45) is 0 Å². The lowest BCUT2D eigenvalue weighted by molar-refractivity contribution is -0.432. The van der Waals surface area contributed by atoms with Crippen LogP contribution < -0.4 is 0 Å². The smallest absolute Gasteiger partial charge is 0.222 e. The van der Waals surface area contributed by atoms with Crippen LogP contribution in [-0.2, 0) is 17.3 Å². The number of alkyl halides is 5. The molecule has 2 aromatic rings. The van der Waals surface area contributed by atoms with Crippen molar-refractivity contribution in [2.75, 3.05) is 0 Å². The number of rotatable bonds is 6. The molecule has 0 fully saturated rings. The molecule has 2 rings (SSSR count). The Labute approximate surface area is 151 Å². The number of hydrogen-bond acceptors (Lipinski definition) is 1. The van der Waals surface area contributed by atoms with Gasteiger partial charge in [-0.25, -0.2) is 13.5 Å². The maximum absolute atomic E-state index is 13.8. The van der Waals surface area contributed by atoms with Crippen molar-refractivity contribution in [3.63, 3.8) is 0 Å². The SMILES string of the molecule is CCCc1ccc(C=Cc2cc(F)c(C(F)(F)OC(F)(F)F)c(F)c2)cc1. The Morgan fingerprint density at radius 1 is 0.852 bits per heavy atom. The van der Waals surface area contributed by atoms with E-state index in [0.717, 1.165) is 18.4 Å². The van der Waals surface area contributed by atoms with E-state index in [2.05, 4.69) is 4.74 Å². The lowest BCUT2D eigenvalue weighted by Crippen LogP contribution is -2.29. The average molecular weight is 392 g/mol. The number of aryl methyl sites for hydroxylation is 1. The molecule has 0 spiro atoms. The van der Waals surface area contributed by atoms with Gasteiger partial charge in [-0.1, -0.05) is 49.8 Å². The second-order valence-corrected chi connectivity index (χ2v) is 5.75. The first-order chi connectivity index (χ1) is 12.5. The summed E-state index contributed by atoms with van der Waals surface area (Å²) in [6, 6.07) is 8.31. The summed E-state index contributed by atoms with van der Waals surface area (Å²) in [7, 11) is 0. The highest BCUT2D eigenvalue weighted by atomic mass is 19.4. The highest BCUT2D eigenvalue weighted by Crippen LogP contribution is 2.39. The summed E-state index contributed by atoms with van der Waals surface area (Å²) in [6.45, 7) is 2.03. The fourth-order valence-corrected chi connectivity index (χ4v) is 2.44. The van der Waals surface area contributed by atoms with Crippen molar-refractivity contribution in [3.8, 4) is 0 Å². The van der Waals surface area contributed by atoms with Gasteiger partial charge >= 0.3 is 12.5 Å². The van der Waals surface area contributed by atoms with E-state index in [0.29, 0.717) is 17.7 Å². The van der Waals surface area contributed by atoms with E-state index in [9.17, 15) is 30.7 Å². The van der Waals surface area contributed by atoms with Crippen LogP contribution in [0, 0.1) is 11.6 Å². The van der Waals surface area contributed by atoms with Gasteiger partial charge in [0.25, 0.3) is 0 Å². The topological polar surface area (TPSA) is 9.23 Å². The third-order valence-corrected chi connectivity index (χ3v) is 3.59. The Kier molecular flexibility index (Phi) is 6.30. The highest BCUT2D eigenvalue weighted by Gasteiger charge is 2.49. The van der Waals surface area contributed by atoms with Gasteiger partial charge in [-0.3, -0.25) is 0 Å². The molecule has 0 radical (unpaired) electrons. The summed E-state index contributed by atoms with van der Waals surface area (Å²) in [5.74, 6) is -3.69. The quantitative estimate of drug-likeness (QED) is 0.394. The van der Waals surface area contributed by atoms with Crippen molar-refractivity contribution >= 4 is 12.2 Å². The molecule has 0 N–H and O–H groups in total. The monoisotopic (exact) mass is 392 g/mol. The van der Waals surface area contributed by atoms with Gasteiger partial charge in [0.15, 0.2) is 0 Å². The largest absolute Gasteiger partial charge is 0.527 e. The first-order valence-electron chi connectivity index (χ1n) is 7.93. The van der Waals surface area contributed by atoms with Gasteiger partial charge < -0.3 is 0 Å². The number of halogens is 7. The molecule has 0 aliphatic carbocycles. The van der Waals surface area contributed by atoms with Crippen LogP contribution in [-0.4, -0.2) is 6.36 Å². The van der Waals surface area contributed by atoms with Gasteiger partial charge in [-0.05, 0) is 35.2 Å². The third kappa shape index (κ3) is 5.82. The van der Waals surface area contributed by atoms with Crippen LogP contribution in [0.1, 0.15) is 35.6 Å². The predicted octanol–water partition coefficient (Wildman–Crippen LogP) is 6.67. The minimum atomic E-state index is -5.76. The fourth-order valence-electron chi connectivity index (χ4n) is 2.44. The molecule has 0 atom stereocenters. The summed E-state index contributed by atoms with van der Waals surface area (Å²) in [4.78, 5) is 0. The maximum atomic E-state index is 13.8. The Hall–Kier alpha value is -2.35. The highest BCUT2D eigenvalue weighted by molar-refractivity contribution is 5.70. The van der Waals surface area contributed by atoms with Crippen molar-refractivity contribution in [2.45, 2.75) is 32.2 Å². The van der Waals surface area contributed by atoms with Gasteiger partial charge in [0.2, 0.25) is 0 Å².